The van der Waals surface area contributed by atoms with Crippen molar-refractivity contribution in [2.24, 2.45) is 0 Å². The summed E-state index contributed by atoms with van der Waals surface area (Å²) in [5.74, 6) is -0.555. The van der Waals surface area contributed by atoms with Crippen LogP contribution in [0, 0.1) is 0 Å². The molecule has 0 aliphatic carbocycles. The Balaban J connectivity index is 0.00000155. The summed E-state index contributed by atoms with van der Waals surface area (Å²) in [7, 11) is -3.58. The van der Waals surface area contributed by atoms with Gasteiger partial charge in [-0.05, 0) is 48.4 Å². The molecule has 0 aliphatic rings. The highest BCUT2D eigenvalue weighted by Crippen LogP contribution is 2.26. The fourth-order valence-electron chi connectivity index (χ4n) is 2.68. The van der Waals surface area contributed by atoms with Crippen molar-refractivity contribution in [2.75, 3.05) is 6.26 Å². The predicted octanol–water partition coefficient (Wildman–Crippen LogP) is 4.99. The second kappa shape index (κ2) is 10.7. The fourth-order valence-corrected chi connectivity index (χ4v) is 3.58. The van der Waals surface area contributed by atoms with Gasteiger partial charge in [0.05, 0.1) is 17.6 Å². The largest absolute Gasteiger partial charge is 0.274 e. The van der Waals surface area contributed by atoms with Gasteiger partial charge >= 0.3 is 0 Å². The van der Waals surface area contributed by atoms with Crippen molar-refractivity contribution in [1.29, 1.82) is 0 Å². The average molecular weight is 513 g/mol. The lowest BCUT2D eigenvalue weighted by Gasteiger charge is -2.04. The zero-order valence-electron chi connectivity index (χ0n) is 16.9. The maximum absolute atomic E-state index is 11.9. The molecular weight excluding hydrogens is 490 g/mol. The van der Waals surface area contributed by atoms with Crippen LogP contribution in [0.15, 0.2) is 59.2 Å². The molecule has 2 aromatic carbocycles. The number of nitrogens with one attached hydrogen (secondary N) is 1. The van der Waals surface area contributed by atoms with E-state index in [-0.39, 0.29) is 6.42 Å². The van der Waals surface area contributed by atoms with Crippen LogP contribution in [0.25, 0.3) is 16.9 Å². The van der Waals surface area contributed by atoms with E-state index in [1.165, 1.54) is 0 Å². The number of sulfonamides is 1. The highest BCUT2D eigenvalue weighted by atomic mass is 79.9. The van der Waals surface area contributed by atoms with Crippen LogP contribution in [-0.4, -0.2) is 30.4 Å². The first-order valence-corrected chi connectivity index (χ1v) is 12.4. The average Bonchev–Trinajstić information content (AvgIpc) is 3.12. The van der Waals surface area contributed by atoms with Gasteiger partial charge < -0.3 is 0 Å². The molecule has 0 unspecified atom stereocenters. The quantitative estimate of drug-likeness (QED) is 0.504. The zero-order chi connectivity index (χ0) is 22.3. The van der Waals surface area contributed by atoms with Crippen LogP contribution >= 0.6 is 27.5 Å². The molecule has 0 fully saturated rings. The Labute approximate surface area is 190 Å². The Kier molecular flexibility index (Phi) is 8.64. The van der Waals surface area contributed by atoms with E-state index >= 15 is 0 Å². The molecular formula is C21H23BrClN3O3S. The first kappa shape index (κ1) is 24.1. The highest BCUT2D eigenvalue weighted by Gasteiger charge is 2.15. The van der Waals surface area contributed by atoms with Crippen molar-refractivity contribution >= 4 is 43.5 Å². The minimum atomic E-state index is -3.58. The van der Waals surface area contributed by atoms with E-state index in [1.807, 2.05) is 61.2 Å². The van der Waals surface area contributed by atoms with Crippen LogP contribution < -0.4 is 4.72 Å². The van der Waals surface area contributed by atoms with E-state index in [0.717, 1.165) is 27.5 Å². The van der Waals surface area contributed by atoms with E-state index in [4.69, 9.17) is 11.6 Å². The first-order valence-electron chi connectivity index (χ1n) is 9.32. The monoisotopic (exact) mass is 511 g/mol. The van der Waals surface area contributed by atoms with E-state index in [0.29, 0.717) is 17.1 Å². The molecule has 0 bridgehead atoms. The van der Waals surface area contributed by atoms with Crippen molar-refractivity contribution < 1.29 is 13.2 Å². The number of nitrogens with zero attached hydrogens (tertiary/aromatic N) is 2. The number of carbonyl (C=O) groups is 1. The Hall–Kier alpha value is -2.16. The van der Waals surface area contributed by atoms with Crippen molar-refractivity contribution in [2.45, 2.75) is 26.7 Å². The number of aromatic nitrogens is 2. The molecule has 0 spiro atoms. The second-order valence-electron chi connectivity index (χ2n) is 6.23. The molecule has 3 aromatic rings. The van der Waals surface area contributed by atoms with Gasteiger partial charge in [-0.1, -0.05) is 53.5 Å². The van der Waals surface area contributed by atoms with Gasteiger partial charge in [0.1, 0.15) is 0 Å². The number of halogens is 2. The summed E-state index contributed by atoms with van der Waals surface area (Å²) >= 11 is 9.39. The van der Waals surface area contributed by atoms with Crippen molar-refractivity contribution in [3.8, 4) is 16.9 Å². The lowest BCUT2D eigenvalue weighted by molar-refractivity contribution is -0.119. The lowest BCUT2D eigenvalue weighted by atomic mass is 10.0. The summed E-state index contributed by atoms with van der Waals surface area (Å²) in [6.07, 6.45) is 3.17. The fraction of sp³-hybridized carbons (Fsp3) is 0.238. The molecule has 6 nitrogen and oxygen atoms in total. The third-order valence-electron chi connectivity index (χ3n) is 3.92. The third-order valence-corrected chi connectivity index (χ3v) is 5.30. The predicted molar refractivity (Wildman–Crippen MR) is 124 cm³/mol. The van der Waals surface area contributed by atoms with Gasteiger partial charge in [-0.2, -0.15) is 5.10 Å². The van der Waals surface area contributed by atoms with Crippen molar-refractivity contribution in [3.05, 3.63) is 69.8 Å². The highest BCUT2D eigenvalue weighted by molar-refractivity contribution is 9.10. The minimum absolute atomic E-state index is 0.0275. The van der Waals surface area contributed by atoms with Gasteiger partial charge in [0.15, 0.2) is 0 Å². The van der Waals surface area contributed by atoms with E-state index in [1.54, 1.807) is 16.8 Å². The molecule has 1 N–H and O–H groups in total. The second-order valence-corrected chi connectivity index (χ2v) is 9.33. The molecule has 160 valence electrons. The van der Waals surface area contributed by atoms with Crippen LogP contribution in [0.3, 0.4) is 0 Å². The van der Waals surface area contributed by atoms with Crippen molar-refractivity contribution in [3.63, 3.8) is 0 Å². The molecule has 0 atom stereocenters. The summed E-state index contributed by atoms with van der Waals surface area (Å²) in [6.45, 7) is 4.00. The first-order chi connectivity index (χ1) is 14.2. The van der Waals surface area contributed by atoms with E-state index < -0.39 is 15.9 Å². The molecule has 3 rings (SSSR count). The Morgan fingerprint density at radius 1 is 1.10 bits per heavy atom. The molecule has 1 heterocycles. The lowest BCUT2D eigenvalue weighted by Crippen LogP contribution is -2.29. The van der Waals surface area contributed by atoms with Gasteiger partial charge in [-0.3, -0.25) is 9.52 Å². The number of aryl methyl sites for hydroxylation is 1. The van der Waals surface area contributed by atoms with Crippen LogP contribution in [0.2, 0.25) is 5.02 Å². The topological polar surface area (TPSA) is 81.1 Å². The Bertz CT molecular complexity index is 1100. The number of rotatable bonds is 6. The molecule has 9 heteroatoms. The maximum Gasteiger partial charge on any atom is 0.233 e. The summed E-state index contributed by atoms with van der Waals surface area (Å²) in [4.78, 5) is 11.9. The molecule has 0 saturated heterocycles. The zero-order valence-corrected chi connectivity index (χ0v) is 20.1. The normalized spacial score (nSPS) is 10.8. The third kappa shape index (κ3) is 6.97. The van der Waals surface area contributed by atoms with Gasteiger partial charge in [0.2, 0.25) is 15.9 Å². The van der Waals surface area contributed by atoms with Crippen LogP contribution in [0.4, 0.5) is 0 Å². The Morgan fingerprint density at radius 2 is 1.70 bits per heavy atom. The number of amides is 1. The molecule has 1 amide bonds. The maximum atomic E-state index is 11.9. The Morgan fingerprint density at radius 3 is 2.27 bits per heavy atom. The molecule has 0 radical (unpaired) electrons. The van der Waals surface area contributed by atoms with Gasteiger partial charge in [0.25, 0.3) is 0 Å². The summed E-state index contributed by atoms with van der Waals surface area (Å²) in [5.41, 5.74) is 3.27. The summed E-state index contributed by atoms with van der Waals surface area (Å²) < 4.78 is 27.1. The van der Waals surface area contributed by atoms with E-state index in [2.05, 4.69) is 21.0 Å². The number of benzene rings is 2. The molecule has 0 saturated carbocycles. The molecule has 1 aromatic heterocycles. The minimum Gasteiger partial charge on any atom is -0.274 e. The van der Waals surface area contributed by atoms with Crippen molar-refractivity contribution in [1.82, 2.24) is 14.5 Å². The van der Waals surface area contributed by atoms with Gasteiger partial charge in [0, 0.05) is 27.7 Å². The van der Waals surface area contributed by atoms with Gasteiger partial charge in [-0.15, -0.1) is 0 Å². The summed E-state index contributed by atoms with van der Waals surface area (Å²) in [6, 6.07) is 14.9. The SMILES string of the molecule is CC.CS(=O)(=O)NC(=O)CCc1cn(-c2ccc(Br)cc2)nc1-c1ccc(Cl)cc1. The number of hydrogen-bond donors (Lipinski definition) is 1. The van der Waals surface area contributed by atoms with Crippen LogP contribution in [0.5, 0.6) is 0 Å². The summed E-state index contributed by atoms with van der Waals surface area (Å²) in [5, 5.41) is 5.29. The molecule has 30 heavy (non-hydrogen) atoms. The van der Waals surface area contributed by atoms with E-state index in [9.17, 15) is 13.2 Å². The smallest absolute Gasteiger partial charge is 0.233 e. The molecule has 0 aliphatic heterocycles. The van der Waals surface area contributed by atoms with Gasteiger partial charge in [-0.25, -0.2) is 13.1 Å². The van der Waals surface area contributed by atoms with Crippen LogP contribution in [-0.2, 0) is 21.2 Å². The number of carbonyl (C=O) groups excluding carboxylic acids is 1. The standard InChI is InChI=1S/C19H17BrClN3O3S.C2H6/c1-28(26,27)23-18(25)11-4-14-12-24(17-9-5-15(20)6-10-17)22-19(14)13-2-7-16(21)8-3-13;1-2/h2-3,5-10,12H,4,11H2,1H3,(H,23,25);1-2H3. The number of hydrogen-bond acceptors (Lipinski definition) is 4. The van der Waals surface area contributed by atoms with Crippen LogP contribution in [0.1, 0.15) is 25.8 Å².